The van der Waals surface area contributed by atoms with E-state index in [2.05, 4.69) is 43.6 Å². The quantitative estimate of drug-likeness (QED) is 0.750. The molecule has 0 amide bonds. The van der Waals surface area contributed by atoms with E-state index in [1.807, 2.05) is 11.3 Å². The molecule has 108 valence electrons. The second kappa shape index (κ2) is 7.44. The minimum atomic E-state index is 0.544. The van der Waals surface area contributed by atoms with Crippen LogP contribution in [0.5, 0.6) is 0 Å². The summed E-state index contributed by atoms with van der Waals surface area (Å²) in [5.41, 5.74) is 0. The maximum Gasteiger partial charge on any atom is 0.0438 e. The zero-order valence-corrected chi connectivity index (χ0v) is 13.5. The summed E-state index contributed by atoms with van der Waals surface area (Å²) < 4.78 is 0. The molecule has 0 radical (unpaired) electrons. The Hall–Kier alpha value is -0.340. The molecule has 0 spiro atoms. The van der Waals surface area contributed by atoms with Crippen molar-refractivity contribution in [2.45, 2.75) is 58.9 Å². The fraction of sp³-hybridized carbons (Fsp3) is 0.765. The van der Waals surface area contributed by atoms with Gasteiger partial charge in [-0.25, -0.2) is 0 Å². The van der Waals surface area contributed by atoms with Crippen LogP contribution in [0.3, 0.4) is 0 Å². The van der Waals surface area contributed by atoms with Gasteiger partial charge in [-0.2, -0.15) is 0 Å². The van der Waals surface area contributed by atoms with Gasteiger partial charge in [0.15, 0.2) is 0 Å². The van der Waals surface area contributed by atoms with E-state index in [1.165, 1.54) is 43.5 Å². The van der Waals surface area contributed by atoms with E-state index in [0.717, 1.165) is 11.8 Å². The van der Waals surface area contributed by atoms with Crippen molar-refractivity contribution >= 4 is 11.3 Å². The maximum absolute atomic E-state index is 3.79. The molecule has 0 bridgehead atoms. The predicted octanol–water partition coefficient (Wildman–Crippen LogP) is 5.25. The van der Waals surface area contributed by atoms with Gasteiger partial charge in [0, 0.05) is 10.9 Å². The lowest BCUT2D eigenvalue weighted by Gasteiger charge is -2.27. The molecule has 2 heteroatoms. The van der Waals surface area contributed by atoms with Crippen molar-refractivity contribution in [3.63, 3.8) is 0 Å². The minimum Gasteiger partial charge on any atom is -0.309 e. The first-order valence-corrected chi connectivity index (χ1v) is 8.81. The first-order chi connectivity index (χ1) is 9.16. The van der Waals surface area contributed by atoms with Crippen LogP contribution in [0.2, 0.25) is 0 Å². The SMILES string of the molecule is CC1CCC(CCNC(c2cccs2)C(C)C)CC1. The molecule has 0 aromatic carbocycles. The summed E-state index contributed by atoms with van der Waals surface area (Å²) >= 11 is 1.88. The molecule has 2 rings (SSSR count). The topological polar surface area (TPSA) is 12.0 Å². The molecule has 1 aliphatic rings. The number of nitrogens with one attached hydrogen (secondary N) is 1. The molecule has 1 aromatic heterocycles. The van der Waals surface area contributed by atoms with Crippen LogP contribution < -0.4 is 5.32 Å². The van der Waals surface area contributed by atoms with Crippen LogP contribution in [0.1, 0.15) is 63.8 Å². The van der Waals surface area contributed by atoms with E-state index in [9.17, 15) is 0 Å². The highest BCUT2D eigenvalue weighted by Gasteiger charge is 2.20. The largest absolute Gasteiger partial charge is 0.309 e. The summed E-state index contributed by atoms with van der Waals surface area (Å²) in [6.45, 7) is 8.22. The molecule has 1 N–H and O–H groups in total. The van der Waals surface area contributed by atoms with Crippen molar-refractivity contribution < 1.29 is 0 Å². The molecule has 0 aliphatic heterocycles. The van der Waals surface area contributed by atoms with Crippen LogP contribution in [0.4, 0.5) is 0 Å². The van der Waals surface area contributed by atoms with Crippen molar-refractivity contribution in [2.75, 3.05) is 6.54 Å². The number of rotatable bonds is 6. The Balaban J connectivity index is 1.74. The second-order valence-electron chi connectivity index (χ2n) is 6.61. The van der Waals surface area contributed by atoms with E-state index in [4.69, 9.17) is 0 Å². The second-order valence-corrected chi connectivity index (χ2v) is 7.59. The molecule has 1 atom stereocenters. The van der Waals surface area contributed by atoms with E-state index < -0.39 is 0 Å². The van der Waals surface area contributed by atoms with Gasteiger partial charge in [-0.15, -0.1) is 11.3 Å². The lowest BCUT2D eigenvalue weighted by Crippen LogP contribution is -2.28. The Morgan fingerprint density at radius 1 is 1.26 bits per heavy atom. The summed E-state index contributed by atoms with van der Waals surface area (Å²) in [6.07, 6.45) is 7.16. The van der Waals surface area contributed by atoms with E-state index >= 15 is 0 Å². The average Bonchev–Trinajstić information content (AvgIpc) is 2.90. The van der Waals surface area contributed by atoms with Gasteiger partial charge in [0.1, 0.15) is 0 Å². The Bertz CT molecular complexity index is 336. The third-order valence-electron chi connectivity index (χ3n) is 4.57. The normalized spacial score (nSPS) is 25.7. The summed E-state index contributed by atoms with van der Waals surface area (Å²) in [5, 5.41) is 5.98. The van der Waals surface area contributed by atoms with E-state index in [0.29, 0.717) is 12.0 Å². The van der Waals surface area contributed by atoms with Crippen LogP contribution in [-0.2, 0) is 0 Å². The molecule has 1 aliphatic carbocycles. The van der Waals surface area contributed by atoms with Crippen LogP contribution in [-0.4, -0.2) is 6.54 Å². The summed E-state index contributed by atoms with van der Waals surface area (Å²) in [4.78, 5) is 1.49. The third kappa shape index (κ3) is 4.61. The monoisotopic (exact) mass is 279 g/mol. The molecule has 1 fully saturated rings. The Labute approximate surface area is 122 Å². The molecule has 1 nitrogen and oxygen atoms in total. The summed E-state index contributed by atoms with van der Waals surface area (Å²) in [5.74, 6) is 2.61. The summed E-state index contributed by atoms with van der Waals surface area (Å²) in [6, 6.07) is 4.98. The molecular formula is C17H29NS. The van der Waals surface area contributed by atoms with Crippen LogP contribution >= 0.6 is 11.3 Å². The highest BCUT2D eigenvalue weighted by Crippen LogP contribution is 2.31. The first-order valence-electron chi connectivity index (χ1n) is 7.93. The zero-order chi connectivity index (χ0) is 13.7. The number of hydrogen-bond donors (Lipinski definition) is 1. The van der Waals surface area contributed by atoms with Crippen molar-refractivity contribution in [3.05, 3.63) is 22.4 Å². The highest BCUT2D eigenvalue weighted by atomic mass is 32.1. The fourth-order valence-electron chi connectivity index (χ4n) is 3.19. The lowest BCUT2D eigenvalue weighted by atomic mass is 9.81. The van der Waals surface area contributed by atoms with Crippen LogP contribution in [0, 0.1) is 17.8 Å². The zero-order valence-electron chi connectivity index (χ0n) is 12.7. The van der Waals surface area contributed by atoms with Gasteiger partial charge in [0.25, 0.3) is 0 Å². The van der Waals surface area contributed by atoms with Gasteiger partial charge in [0.05, 0.1) is 0 Å². The standard InChI is InChI=1S/C17H29NS/c1-13(2)17(16-5-4-12-19-16)18-11-10-15-8-6-14(3)7-9-15/h4-5,12-15,17-18H,6-11H2,1-3H3. The average molecular weight is 279 g/mol. The molecule has 0 saturated heterocycles. The van der Waals surface area contributed by atoms with Gasteiger partial charge in [-0.1, -0.05) is 52.5 Å². The molecule has 1 aromatic rings. The fourth-order valence-corrected chi connectivity index (χ4v) is 4.17. The highest BCUT2D eigenvalue weighted by molar-refractivity contribution is 7.10. The van der Waals surface area contributed by atoms with Gasteiger partial charge < -0.3 is 5.32 Å². The molecule has 1 heterocycles. The predicted molar refractivity (Wildman–Crippen MR) is 85.6 cm³/mol. The number of thiophene rings is 1. The van der Waals surface area contributed by atoms with Crippen LogP contribution in [0.25, 0.3) is 0 Å². The van der Waals surface area contributed by atoms with Gasteiger partial charge in [0.2, 0.25) is 0 Å². The first kappa shape index (κ1) is 15.1. The van der Waals surface area contributed by atoms with Crippen molar-refractivity contribution in [3.8, 4) is 0 Å². The molecule has 19 heavy (non-hydrogen) atoms. The summed E-state index contributed by atoms with van der Waals surface area (Å²) in [7, 11) is 0. The lowest BCUT2D eigenvalue weighted by molar-refractivity contribution is 0.269. The Kier molecular flexibility index (Phi) is 5.90. The van der Waals surface area contributed by atoms with E-state index in [-0.39, 0.29) is 0 Å². The maximum atomic E-state index is 3.79. The Morgan fingerprint density at radius 3 is 2.58 bits per heavy atom. The van der Waals surface area contributed by atoms with Crippen molar-refractivity contribution in [1.82, 2.24) is 5.32 Å². The molecular weight excluding hydrogens is 250 g/mol. The van der Waals surface area contributed by atoms with Gasteiger partial charge in [-0.3, -0.25) is 0 Å². The third-order valence-corrected chi connectivity index (χ3v) is 5.52. The van der Waals surface area contributed by atoms with Gasteiger partial charge >= 0.3 is 0 Å². The Morgan fingerprint density at radius 2 is 2.00 bits per heavy atom. The van der Waals surface area contributed by atoms with Crippen molar-refractivity contribution in [2.24, 2.45) is 17.8 Å². The number of hydrogen-bond acceptors (Lipinski definition) is 2. The van der Waals surface area contributed by atoms with Crippen LogP contribution in [0.15, 0.2) is 17.5 Å². The molecule has 1 saturated carbocycles. The smallest absolute Gasteiger partial charge is 0.0438 e. The minimum absolute atomic E-state index is 0.544. The van der Waals surface area contributed by atoms with Crippen molar-refractivity contribution in [1.29, 1.82) is 0 Å². The van der Waals surface area contributed by atoms with E-state index in [1.54, 1.807) is 0 Å². The van der Waals surface area contributed by atoms with Gasteiger partial charge in [-0.05, 0) is 42.2 Å². The molecule has 1 unspecified atom stereocenters.